The first kappa shape index (κ1) is 25.6. The van der Waals surface area contributed by atoms with Crippen LogP contribution in [0.4, 0.5) is 0 Å². The van der Waals surface area contributed by atoms with Crippen molar-refractivity contribution >= 4 is 5.91 Å². The average molecular weight is 488 g/mol. The van der Waals surface area contributed by atoms with Crippen LogP contribution in [0.25, 0.3) is 11.1 Å². The van der Waals surface area contributed by atoms with Crippen molar-refractivity contribution in [2.24, 2.45) is 0 Å². The number of aryl methyl sites for hydroxylation is 1. The normalized spacial score (nSPS) is 14.0. The van der Waals surface area contributed by atoms with Crippen molar-refractivity contribution in [2.45, 2.75) is 31.7 Å². The molecule has 0 aliphatic heterocycles. The molecule has 0 aromatic heterocycles. The smallest absolute Gasteiger partial charge is 0.294 e. The first-order valence-corrected chi connectivity index (χ1v) is 11.0. The Morgan fingerprint density at radius 2 is 1.77 bits per heavy atom. The summed E-state index contributed by atoms with van der Waals surface area (Å²) in [4.78, 5) is 40.1. The van der Waals surface area contributed by atoms with Crippen molar-refractivity contribution in [3.8, 4) is 34.1 Å². The Bertz CT molecular complexity index is 1170. The molecule has 11 heteroatoms. The second-order valence-corrected chi connectivity index (χ2v) is 7.78. The largest absolute Gasteiger partial charge is 0.493 e. The van der Waals surface area contributed by atoms with E-state index in [-0.39, 0.29) is 36.5 Å². The van der Waals surface area contributed by atoms with E-state index >= 15 is 0 Å². The number of benzene rings is 1. The van der Waals surface area contributed by atoms with Gasteiger partial charge in [0.05, 0.1) is 41.1 Å². The lowest BCUT2D eigenvalue weighted by atomic mass is 9.95. The van der Waals surface area contributed by atoms with Crippen molar-refractivity contribution in [1.82, 2.24) is 5.32 Å². The molecule has 0 fully saturated rings. The van der Waals surface area contributed by atoms with Crippen molar-refractivity contribution < 1.29 is 33.7 Å². The van der Waals surface area contributed by atoms with Crippen LogP contribution in [0.2, 0.25) is 0 Å². The molecule has 1 atom stereocenters. The van der Waals surface area contributed by atoms with E-state index in [0.717, 1.165) is 11.1 Å². The van der Waals surface area contributed by atoms with Crippen LogP contribution < -0.4 is 29.7 Å². The number of hydrogen-bond acceptors (Lipinski definition) is 9. The van der Waals surface area contributed by atoms with Crippen molar-refractivity contribution in [2.75, 3.05) is 35.0 Å². The maximum Gasteiger partial charge on any atom is 0.294 e. The molecule has 1 amide bonds. The number of nitrogens with zero attached hydrogens (tertiary/aromatic N) is 1. The predicted octanol–water partition coefficient (Wildman–Crippen LogP) is 2.84. The van der Waals surface area contributed by atoms with E-state index in [9.17, 15) is 19.7 Å². The van der Waals surface area contributed by atoms with Gasteiger partial charge >= 0.3 is 0 Å². The van der Waals surface area contributed by atoms with Crippen LogP contribution in [-0.2, 0) is 16.1 Å². The second-order valence-electron chi connectivity index (χ2n) is 7.78. The molecule has 1 aliphatic rings. The zero-order valence-electron chi connectivity index (χ0n) is 20.0. The predicted molar refractivity (Wildman–Crippen MR) is 126 cm³/mol. The molecule has 0 spiro atoms. The summed E-state index contributed by atoms with van der Waals surface area (Å²) in [5, 5.41) is 12.4. The number of fused-ring (bicyclic) bond motifs is 3. The summed E-state index contributed by atoms with van der Waals surface area (Å²) in [5.41, 5.74) is 2.56. The topological polar surface area (TPSA) is 135 Å². The van der Waals surface area contributed by atoms with Gasteiger partial charge in [-0.2, -0.15) is 0 Å². The summed E-state index contributed by atoms with van der Waals surface area (Å²) in [7, 11) is 5.99. The van der Waals surface area contributed by atoms with E-state index in [1.54, 1.807) is 12.1 Å². The highest BCUT2D eigenvalue weighted by Gasteiger charge is 2.29. The molecule has 1 N–H and O–H groups in total. The summed E-state index contributed by atoms with van der Waals surface area (Å²) >= 11 is 0. The van der Waals surface area contributed by atoms with E-state index in [2.05, 4.69) is 10.2 Å². The van der Waals surface area contributed by atoms with Crippen molar-refractivity contribution in [3.63, 3.8) is 0 Å². The zero-order chi connectivity index (χ0) is 25.5. The lowest BCUT2D eigenvalue weighted by Crippen LogP contribution is -2.29. The van der Waals surface area contributed by atoms with Crippen LogP contribution in [0.1, 0.15) is 36.4 Å². The number of carbonyl (C=O) groups is 1. The fourth-order valence-corrected chi connectivity index (χ4v) is 4.26. The molecule has 0 heterocycles. The van der Waals surface area contributed by atoms with Gasteiger partial charge in [-0.3, -0.25) is 9.59 Å². The first-order chi connectivity index (χ1) is 16.8. The van der Waals surface area contributed by atoms with E-state index in [4.69, 9.17) is 18.9 Å². The fraction of sp³-hybridized carbons (Fsp3) is 0.417. The molecule has 1 aliphatic carbocycles. The van der Waals surface area contributed by atoms with Crippen LogP contribution in [0.15, 0.2) is 29.1 Å². The number of hydrogen-bond donors (Lipinski definition) is 1. The van der Waals surface area contributed by atoms with Gasteiger partial charge in [0.2, 0.25) is 17.1 Å². The van der Waals surface area contributed by atoms with Gasteiger partial charge < -0.3 is 29.1 Å². The first-order valence-electron chi connectivity index (χ1n) is 11.0. The quantitative estimate of drug-likeness (QED) is 0.304. The van der Waals surface area contributed by atoms with E-state index in [0.29, 0.717) is 41.2 Å². The van der Waals surface area contributed by atoms with Gasteiger partial charge in [-0.25, -0.2) is 0 Å². The summed E-state index contributed by atoms with van der Waals surface area (Å²) < 4.78 is 22.1. The highest BCUT2D eigenvalue weighted by atomic mass is 16.9. The van der Waals surface area contributed by atoms with Crippen LogP contribution in [-0.4, -0.2) is 46.0 Å². The Kier molecular flexibility index (Phi) is 8.34. The molecule has 0 unspecified atom stereocenters. The van der Waals surface area contributed by atoms with Gasteiger partial charge in [-0.1, -0.05) is 6.07 Å². The van der Waals surface area contributed by atoms with Crippen LogP contribution in [0.5, 0.6) is 23.0 Å². The maximum absolute atomic E-state index is 12.8. The van der Waals surface area contributed by atoms with Gasteiger partial charge in [0.15, 0.2) is 17.2 Å². The summed E-state index contributed by atoms with van der Waals surface area (Å²) in [6.45, 7) is -0.180. The van der Waals surface area contributed by atoms with Gasteiger partial charge in [0.1, 0.15) is 0 Å². The van der Waals surface area contributed by atoms with Crippen molar-refractivity contribution in [3.05, 3.63) is 55.7 Å². The van der Waals surface area contributed by atoms with Crippen molar-refractivity contribution in [1.29, 1.82) is 0 Å². The minimum Gasteiger partial charge on any atom is -0.493 e. The van der Waals surface area contributed by atoms with Crippen LogP contribution in [0.3, 0.4) is 0 Å². The molecule has 35 heavy (non-hydrogen) atoms. The molecule has 188 valence electrons. The van der Waals surface area contributed by atoms with E-state index in [1.807, 2.05) is 6.07 Å². The molecule has 3 rings (SSSR count). The fourth-order valence-electron chi connectivity index (χ4n) is 4.26. The number of rotatable bonds is 10. The number of amides is 1. The average Bonchev–Trinajstić information content (AvgIpc) is 3.09. The number of nitrogens with one attached hydrogen (secondary N) is 1. The number of ether oxygens (including phenoxy) is 4. The van der Waals surface area contributed by atoms with E-state index < -0.39 is 11.1 Å². The number of methoxy groups -OCH3 is 4. The Labute approximate surface area is 202 Å². The SMILES string of the molecule is COc1cc2c(c(OC)c1OC)-c1ccc(OC)c(=O)cc1[C@@H](NC(=O)CCCO[N+](=O)[O-])CC2. The molecule has 0 saturated carbocycles. The lowest BCUT2D eigenvalue weighted by molar-refractivity contribution is -0.757. The third-order valence-corrected chi connectivity index (χ3v) is 5.80. The Balaban J connectivity index is 2.11. The highest BCUT2D eigenvalue weighted by Crippen LogP contribution is 2.50. The Hall–Kier alpha value is -4.02. The molecular formula is C24H28N2O9. The third kappa shape index (κ3) is 5.56. The summed E-state index contributed by atoms with van der Waals surface area (Å²) in [5.74, 6) is 1.20. The molecule has 11 nitrogen and oxygen atoms in total. The second kappa shape index (κ2) is 11.4. The molecule has 0 saturated heterocycles. The highest BCUT2D eigenvalue weighted by molar-refractivity contribution is 5.83. The molecule has 2 aromatic rings. The minimum atomic E-state index is -0.893. The third-order valence-electron chi connectivity index (χ3n) is 5.80. The van der Waals surface area contributed by atoms with Gasteiger partial charge in [0, 0.05) is 12.0 Å². The summed E-state index contributed by atoms with van der Waals surface area (Å²) in [6, 6.07) is 6.16. The molecular weight excluding hydrogens is 460 g/mol. The monoisotopic (exact) mass is 488 g/mol. The molecule has 0 radical (unpaired) electrons. The van der Waals surface area contributed by atoms with E-state index in [1.165, 1.54) is 34.5 Å². The zero-order valence-corrected chi connectivity index (χ0v) is 20.0. The molecule has 2 aromatic carbocycles. The van der Waals surface area contributed by atoms with Gasteiger partial charge in [0.25, 0.3) is 5.09 Å². The maximum atomic E-state index is 12.8. The lowest BCUT2D eigenvalue weighted by Gasteiger charge is -2.20. The Morgan fingerprint density at radius 3 is 2.40 bits per heavy atom. The number of carbonyl (C=O) groups excluding carboxylic acids is 1. The van der Waals surface area contributed by atoms with Gasteiger partial charge in [-0.15, -0.1) is 10.1 Å². The Morgan fingerprint density at radius 1 is 1.06 bits per heavy atom. The summed E-state index contributed by atoms with van der Waals surface area (Å²) in [6.07, 6.45) is 1.24. The minimum absolute atomic E-state index is 0.0318. The van der Waals surface area contributed by atoms with Gasteiger partial charge in [-0.05, 0) is 54.2 Å². The molecule has 0 bridgehead atoms. The standard InChI is InChI=1S/C24H28N2O9/c1-31-19-10-8-15-16(13-18(19)27)17(25-21(28)6-5-11-35-26(29)30)9-7-14-12-20(32-2)23(33-3)24(34-4)22(14)15/h8,10,12-13,17H,5-7,9,11H2,1-4H3,(H,25,28)/t17-/m0/s1. The van der Waals surface area contributed by atoms with Crippen LogP contribution in [0, 0.1) is 10.1 Å². The van der Waals surface area contributed by atoms with Crippen LogP contribution >= 0.6 is 0 Å².